The van der Waals surface area contributed by atoms with Crippen molar-refractivity contribution in [2.45, 2.75) is 26.4 Å². The van der Waals surface area contributed by atoms with Crippen molar-refractivity contribution in [3.63, 3.8) is 0 Å². The van der Waals surface area contributed by atoms with Crippen LogP contribution in [0.2, 0.25) is 0 Å². The summed E-state index contributed by atoms with van der Waals surface area (Å²) in [6.07, 6.45) is 0. The fourth-order valence-electron chi connectivity index (χ4n) is 2.01. The fraction of sp³-hybridized carbons (Fsp3) is 0.235. The predicted octanol–water partition coefficient (Wildman–Crippen LogP) is 3.54. The van der Waals surface area contributed by atoms with Crippen LogP contribution in [0.5, 0.6) is 0 Å². The number of hydrogen-bond acceptors (Lipinski definition) is 2. The molecule has 3 heteroatoms. The summed E-state index contributed by atoms with van der Waals surface area (Å²) in [5.41, 5.74) is 3.90. The van der Waals surface area contributed by atoms with Crippen molar-refractivity contribution in [3.8, 4) is 0 Å². The largest absolute Gasteiger partial charge is 0.478 e. The van der Waals surface area contributed by atoms with Gasteiger partial charge < -0.3 is 10.4 Å². The Labute approximate surface area is 119 Å². The lowest BCUT2D eigenvalue weighted by molar-refractivity contribution is 0.0697. The highest BCUT2D eigenvalue weighted by Gasteiger charge is 2.05. The molecule has 2 N–H and O–H groups in total. The van der Waals surface area contributed by atoms with Crippen LogP contribution in [0.4, 0.5) is 0 Å². The van der Waals surface area contributed by atoms with E-state index in [4.69, 9.17) is 5.11 Å². The molecule has 20 heavy (non-hydrogen) atoms. The highest BCUT2D eigenvalue weighted by Crippen LogP contribution is 2.14. The molecule has 2 aromatic carbocycles. The zero-order valence-corrected chi connectivity index (χ0v) is 11.8. The molecule has 2 rings (SSSR count). The number of hydrogen-bond donors (Lipinski definition) is 2. The van der Waals surface area contributed by atoms with Crippen LogP contribution in [0.3, 0.4) is 0 Å². The molecule has 0 saturated carbocycles. The summed E-state index contributed by atoms with van der Waals surface area (Å²) < 4.78 is 0. The summed E-state index contributed by atoms with van der Waals surface area (Å²) in [7, 11) is 0. The summed E-state index contributed by atoms with van der Waals surface area (Å²) in [4.78, 5) is 10.8. The van der Waals surface area contributed by atoms with E-state index in [1.165, 1.54) is 11.1 Å². The minimum atomic E-state index is -0.891. The van der Waals surface area contributed by atoms with Gasteiger partial charge in [-0.05, 0) is 37.1 Å². The molecule has 104 valence electrons. The molecule has 0 aromatic heterocycles. The first-order valence-electron chi connectivity index (χ1n) is 6.68. The van der Waals surface area contributed by atoms with Gasteiger partial charge in [-0.3, -0.25) is 0 Å². The normalized spacial score (nSPS) is 12.1. The predicted molar refractivity (Wildman–Crippen MR) is 79.8 cm³/mol. The number of benzene rings is 2. The Hall–Kier alpha value is -2.13. The Morgan fingerprint density at radius 3 is 2.25 bits per heavy atom. The third-order valence-corrected chi connectivity index (χ3v) is 3.39. The van der Waals surface area contributed by atoms with E-state index in [1.807, 2.05) is 12.1 Å². The second-order valence-corrected chi connectivity index (χ2v) is 5.02. The Kier molecular flexibility index (Phi) is 4.53. The van der Waals surface area contributed by atoms with Gasteiger partial charge in [0, 0.05) is 12.6 Å². The van der Waals surface area contributed by atoms with Crippen molar-refractivity contribution in [3.05, 3.63) is 70.8 Å². The van der Waals surface area contributed by atoms with E-state index in [-0.39, 0.29) is 6.04 Å². The molecular formula is C17H19NO2. The smallest absolute Gasteiger partial charge is 0.335 e. The van der Waals surface area contributed by atoms with E-state index in [0.29, 0.717) is 5.56 Å². The van der Waals surface area contributed by atoms with Crippen LogP contribution in [0.25, 0.3) is 0 Å². The molecule has 1 atom stereocenters. The molecule has 0 heterocycles. The summed E-state index contributed by atoms with van der Waals surface area (Å²) >= 11 is 0. The van der Waals surface area contributed by atoms with Crippen molar-refractivity contribution in [1.29, 1.82) is 0 Å². The number of carboxylic acid groups (broad SMARTS) is 1. The van der Waals surface area contributed by atoms with Crippen LogP contribution >= 0.6 is 0 Å². The van der Waals surface area contributed by atoms with Gasteiger partial charge >= 0.3 is 5.97 Å². The van der Waals surface area contributed by atoms with E-state index in [1.54, 1.807) is 12.1 Å². The lowest BCUT2D eigenvalue weighted by atomic mass is 10.1. The molecule has 0 saturated heterocycles. The molecule has 0 amide bonds. The third kappa shape index (κ3) is 3.68. The number of nitrogens with one attached hydrogen (secondary N) is 1. The number of aromatic carboxylic acids is 1. The summed E-state index contributed by atoms with van der Waals surface area (Å²) in [6, 6.07) is 15.7. The minimum absolute atomic E-state index is 0.259. The van der Waals surface area contributed by atoms with Gasteiger partial charge in [-0.2, -0.15) is 0 Å². The average molecular weight is 269 g/mol. The number of aryl methyl sites for hydroxylation is 1. The monoisotopic (exact) mass is 269 g/mol. The van der Waals surface area contributed by atoms with Gasteiger partial charge in [-0.1, -0.05) is 42.0 Å². The third-order valence-electron chi connectivity index (χ3n) is 3.39. The highest BCUT2D eigenvalue weighted by atomic mass is 16.4. The van der Waals surface area contributed by atoms with E-state index in [0.717, 1.165) is 12.1 Å². The van der Waals surface area contributed by atoms with Crippen molar-refractivity contribution in [2.24, 2.45) is 0 Å². The molecule has 0 spiro atoms. The second-order valence-electron chi connectivity index (χ2n) is 5.02. The van der Waals surface area contributed by atoms with Crippen molar-refractivity contribution in [1.82, 2.24) is 5.32 Å². The standard InChI is InChI=1S/C17H19NO2/c1-12-3-7-15(8-4-12)13(2)18-11-14-5-9-16(10-6-14)17(19)20/h3-10,13,18H,11H2,1-2H3,(H,19,20)/t13-/m0/s1. The summed E-state index contributed by atoms with van der Waals surface area (Å²) in [6.45, 7) is 4.91. The first-order chi connectivity index (χ1) is 9.56. The quantitative estimate of drug-likeness (QED) is 0.872. The van der Waals surface area contributed by atoms with Crippen LogP contribution in [0, 0.1) is 6.92 Å². The lowest BCUT2D eigenvalue weighted by Gasteiger charge is -2.14. The molecule has 3 nitrogen and oxygen atoms in total. The van der Waals surface area contributed by atoms with Gasteiger partial charge in [0.15, 0.2) is 0 Å². The van der Waals surface area contributed by atoms with Crippen LogP contribution < -0.4 is 5.32 Å². The maximum absolute atomic E-state index is 10.8. The van der Waals surface area contributed by atoms with Gasteiger partial charge in [0.05, 0.1) is 5.56 Å². The molecule has 0 unspecified atom stereocenters. The zero-order chi connectivity index (χ0) is 14.5. The molecular weight excluding hydrogens is 250 g/mol. The first-order valence-corrected chi connectivity index (χ1v) is 6.68. The van der Waals surface area contributed by atoms with E-state index in [2.05, 4.69) is 43.4 Å². The average Bonchev–Trinajstić information content (AvgIpc) is 2.46. The van der Waals surface area contributed by atoms with Gasteiger partial charge in [0.2, 0.25) is 0 Å². The molecule has 2 aromatic rings. The SMILES string of the molecule is Cc1ccc([C@H](C)NCc2ccc(C(=O)O)cc2)cc1. The number of carbonyl (C=O) groups is 1. The van der Waals surface area contributed by atoms with Gasteiger partial charge in [-0.25, -0.2) is 4.79 Å². The summed E-state index contributed by atoms with van der Waals surface area (Å²) in [5.74, 6) is -0.891. The second kappa shape index (κ2) is 6.35. The Morgan fingerprint density at radius 1 is 1.10 bits per heavy atom. The van der Waals surface area contributed by atoms with Crippen molar-refractivity contribution in [2.75, 3.05) is 0 Å². The minimum Gasteiger partial charge on any atom is -0.478 e. The number of rotatable bonds is 5. The van der Waals surface area contributed by atoms with E-state index < -0.39 is 5.97 Å². The van der Waals surface area contributed by atoms with Gasteiger partial charge in [0.1, 0.15) is 0 Å². The Bertz CT molecular complexity index is 573. The van der Waals surface area contributed by atoms with E-state index >= 15 is 0 Å². The highest BCUT2D eigenvalue weighted by molar-refractivity contribution is 5.87. The topological polar surface area (TPSA) is 49.3 Å². The molecule has 0 aliphatic rings. The molecule has 0 bridgehead atoms. The molecule has 0 radical (unpaired) electrons. The van der Waals surface area contributed by atoms with Crippen LogP contribution in [0.1, 0.15) is 40.0 Å². The van der Waals surface area contributed by atoms with Crippen molar-refractivity contribution < 1.29 is 9.90 Å². The fourth-order valence-corrected chi connectivity index (χ4v) is 2.01. The Morgan fingerprint density at radius 2 is 1.70 bits per heavy atom. The molecule has 0 fully saturated rings. The molecule has 0 aliphatic carbocycles. The van der Waals surface area contributed by atoms with E-state index in [9.17, 15) is 4.79 Å². The lowest BCUT2D eigenvalue weighted by Crippen LogP contribution is -2.18. The van der Waals surface area contributed by atoms with Gasteiger partial charge in [0.25, 0.3) is 0 Å². The zero-order valence-electron chi connectivity index (χ0n) is 11.8. The summed E-state index contributed by atoms with van der Waals surface area (Å²) in [5, 5.41) is 12.3. The van der Waals surface area contributed by atoms with Crippen LogP contribution in [0.15, 0.2) is 48.5 Å². The number of carboxylic acids is 1. The van der Waals surface area contributed by atoms with Crippen LogP contribution in [-0.2, 0) is 6.54 Å². The molecule has 0 aliphatic heterocycles. The maximum Gasteiger partial charge on any atom is 0.335 e. The maximum atomic E-state index is 10.8. The first kappa shape index (κ1) is 14.3. The van der Waals surface area contributed by atoms with Crippen molar-refractivity contribution >= 4 is 5.97 Å². The van der Waals surface area contributed by atoms with Crippen LogP contribution in [-0.4, -0.2) is 11.1 Å². The Balaban J connectivity index is 1.94. The van der Waals surface area contributed by atoms with Gasteiger partial charge in [-0.15, -0.1) is 0 Å².